The minimum atomic E-state index is 0.0351. The van der Waals surface area contributed by atoms with Crippen molar-refractivity contribution in [3.63, 3.8) is 0 Å². The number of aliphatic hydroxyl groups is 1. The number of nitrogen functional groups attached to an aromatic ring is 1. The second-order valence-corrected chi connectivity index (χ2v) is 3.41. The topological polar surface area (TPSA) is 80.4 Å². The summed E-state index contributed by atoms with van der Waals surface area (Å²) < 4.78 is 5.43. The van der Waals surface area contributed by atoms with Gasteiger partial charge in [-0.15, -0.1) is 0 Å². The lowest BCUT2D eigenvalue weighted by Crippen LogP contribution is -2.11. The molecule has 0 aliphatic rings. The Bertz CT molecular complexity index is 316. The summed E-state index contributed by atoms with van der Waals surface area (Å²) in [6.07, 6.45) is 0.0351. The van der Waals surface area contributed by atoms with Crippen LogP contribution < -0.4 is 15.8 Å². The van der Waals surface area contributed by atoms with E-state index in [1.54, 1.807) is 12.1 Å². The van der Waals surface area contributed by atoms with E-state index in [9.17, 15) is 0 Å². The number of hydrogen-bond acceptors (Lipinski definition) is 5. The number of nitrogens with one attached hydrogen (secondary N) is 1. The highest BCUT2D eigenvalue weighted by molar-refractivity contribution is 5.53. The lowest BCUT2D eigenvalue weighted by Gasteiger charge is -2.12. The van der Waals surface area contributed by atoms with Crippen LogP contribution in [-0.4, -0.2) is 29.3 Å². The van der Waals surface area contributed by atoms with E-state index in [0.717, 1.165) is 0 Å². The van der Waals surface area contributed by atoms with Gasteiger partial charge in [0.2, 0.25) is 5.88 Å². The second kappa shape index (κ2) is 5.41. The van der Waals surface area contributed by atoms with Gasteiger partial charge in [0.25, 0.3) is 0 Å². The van der Waals surface area contributed by atoms with Gasteiger partial charge in [0.15, 0.2) is 0 Å². The van der Waals surface area contributed by atoms with Crippen LogP contribution in [0.1, 0.15) is 13.8 Å². The molecule has 0 aliphatic carbocycles. The van der Waals surface area contributed by atoms with Gasteiger partial charge in [-0.2, -0.15) is 4.98 Å². The molecule has 0 aliphatic heterocycles. The smallest absolute Gasteiger partial charge is 0.239 e. The molecule has 4 N–H and O–H groups in total. The number of aromatic nitrogens is 1. The summed E-state index contributed by atoms with van der Waals surface area (Å²) in [5, 5.41) is 11.6. The molecule has 1 aromatic heterocycles. The van der Waals surface area contributed by atoms with Crippen LogP contribution in [0.2, 0.25) is 0 Å². The van der Waals surface area contributed by atoms with Gasteiger partial charge in [0, 0.05) is 6.54 Å². The zero-order valence-corrected chi connectivity index (χ0v) is 9.03. The van der Waals surface area contributed by atoms with E-state index in [2.05, 4.69) is 10.3 Å². The monoisotopic (exact) mass is 211 g/mol. The number of nitrogens with zero attached hydrogens (tertiary/aromatic N) is 1. The highest BCUT2D eigenvalue weighted by atomic mass is 16.5. The molecule has 5 nitrogen and oxygen atoms in total. The van der Waals surface area contributed by atoms with Gasteiger partial charge in [-0.1, -0.05) is 0 Å². The molecule has 0 bridgehead atoms. The Balaban J connectivity index is 2.75. The van der Waals surface area contributed by atoms with Crippen LogP contribution in [0.25, 0.3) is 0 Å². The zero-order valence-electron chi connectivity index (χ0n) is 9.03. The number of rotatable bonds is 5. The largest absolute Gasteiger partial charge is 0.473 e. The van der Waals surface area contributed by atoms with Crippen molar-refractivity contribution in [1.82, 2.24) is 4.98 Å². The van der Waals surface area contributed by atoms with E-state index < -0.39 is 0 Å². The summed E-state index contributed by atoms with van der Waals surface area (Å²) in [5.74, 6) is 1.07. The summed E-state index contributed by atoms with van der Waals surface area (Å²) in [7, 11) is 0. The molecule has 1 heterocycles. The SMILES string of the molecule is CC(C)Oc1nc(NCCO)ccc1N. The van der Waals surface area contributed by atoms with Gasteiger partial charge < -0.3 is 20.9 Å². The van der Waals surface area contributed by atoms with E-state index in [1.807, 2.05) is 13.8 Å². The highest BCUT2D eigenvalue weighted by Crippen LogP contribution is 2.21. The first-order chi connectivity index (χ1) is 7.13. The van der Waals surface area contributed by atoms with Crippen LogP contribution in [0.15, 0.2) is 12.1 Å². The minimum Gasteiger partial charge on any atom is -0.473 e. The molecule has 15 heavy (non-hydrogen) atoms. The van der Waals surface area contributed by atoms with Crippen molar-refractivity contribution in [3.8, 4) is 5.88 Å². The molecule has 84 valence electrons. The van der Waals surface area contributed by atoms with Crippen molar-refractivity contribution in [1.29, 1.82) is 0 Å². The van der Waals surface area contributed by atoms with Crippen molar-refractivity contribution in [2.75, 3.05) is 24.2 Å². The summed E-state index contributed by atoms with van der Waals surface area (Å²) in [4.78, 5) is 4.18. The summed E-state index contributed by atoms with van der Waals surface area (Å²) in [5.41, 5.74) is 6.21. The summed E-state index contributed by atoms with van der Waals surface area (Å²) in [6.45, 7) is 4.34. The first kappa shape index (κ1) is 11.6. The number of aliphatic hydroxyl groups excluding tert-OH is 1. The normalized spacial score (nSPS) is 10.4. The van der Waals surface area contributed by atoms with Gasteiger partial charge in [-0.05, 0) is 26.0 Å². The molecular weight excluding hydrogens is 194 g/mol. The van der Waals surface area contributed by atoms with E-state index in [1.165, 1.54) is 0 Å². The van der Waals surface area contributed by atoms with E-state index in [0.29, 0.717) is 23.9 Å². The van der Waals surface area contributed by atoms with Crippen molar-refractivity contribution in [3.05, 3.63) is 12.1 Å². The predicted octanol–water partition coefficient (Wildman–Crippen LogP) is 0.855. The van der Waals surface area contributed by atoms with Crippen molar-refractivity contribution in [2.24, 2.45) is 0 Å². The number of nitrogens with two attached hydrogens (primary N) is 1. The van der Waals surface area contributed by atoms with Gasteiger partial charge >= 0.3 is 0 Å². The molecule has 5 heteroatoms. The molecule has 0 saturated heterocycles. The molecule has 0 unspecified atom stereocenters. The second-order valence-electron chi connectivity index (χ2n) is 3.41. The summed E-state index contributed by atoms with van der Waals surface area (Å²) >= 11 is 0. The standard InChI is InChI=1S/C10H17N3O2/c1-7(2)15-10-8(11)3-4-9(13-10)12-5-6-14/h3-4,7,14H,5-6,11H2,1-2H3,(H,12,13). The molecular formula is C10H17N3O2. The Morgan fingerprint density at radius 1 is 1.53 bits per heavy atom. The first-order valence-corrected chi connectivity index (χ1v) is 4.91. The lowest BCUT2D eigenvalue weighted by atomic mass is 10.4. The van der Waals surface area contributed by atoms with Crippen LogP contribution in [0.5, 0.6) is 5.88 Å². The van der Waals surface area contributed by atoms with Crippen LogP contribution in [0, 0.1) is 0 Å². The third-order valence-electron chi connectivity index (χ3n) is 1.65. The maximum Gasteiger partial charge on any atom is 0.239 e. The number of pyridine rings is 1. The molecule has 0 atom stereocenters. The molecule has 1 aromatic rings. The fraction of sp³-hybridized carbons (Fsp3) is 0.500. The molecule has 0 amide bonds. The number of anilines is 2. The van der Waals surface area contributed by atoms with E-state index >= 15 is 0 Å². The maximum atomic E-state index is 8.65. The van der Waals surface area contributed by atoms with Crippen LogP contribution in [0.3, 0.4) is 0 Å². The Kier molecular flexibility index (Phi) is 4.17. The Morgan fingerprint density at radius 3 is 2.87 bits per heavy atom. The first-order valence-electron chi connectivity index (χ1n) is 4.91. The maximum absolute atomic E-state index is 8.65. The lowest BCUT2D eigenvalue weighted by molar-refractivity contribution is 0.234. The Hall–Kier alpha value is -1.49. The van der Waals surface area contributed by atoms with Gasteiger partial charge in [-0.3, -0.25) is 0 Å². The Labute approximate surface area is 89.3 Å². The van der Waals surface area contributed by atoms with Crippen molar-refractivity contribution in [2.45, 2.75) is 20.0 Å². The fourth-order valence-electron chi connectivity index (χ4n) is 1.05. The van der Waals surface area contributed by atoms with Gasteiger partial charge in [-0.25, -0.2) is 0 Å². The fourth-order valence-corrected chi connectivity index (χ4v) is 1.05. The highest BCUT2D eigenvalue weighted by Gasteiger charge is 2.05. The third kappa shape index (κ3) is 3.63. The number of ether oxygens (including phenoxy) is 1. The molecule has 1 rings (SSSR count). The van der Waals surface area contributed by atoms with Crippen LogP contribution in [-0.2, 0) is 0 Å². The quantitative estimate of drug-likeness (QED) is 0.673. The van der Waals surface area contributed by atoms with Crippen molar-refractivity contribution < 1.29 is 9.84 Å². The Morgan fingerprint density at radius 2 is 2.27 bits per heavy atom. The molecule has 0 fully saturated rings. The molecule has 0 radical (unpaired) electrons. The van der Waals surface area contributed by atoms with Gasteiger partial charge in [0.1, 0.15) is 5.82 Å². The summed E-state index contributed by atoms with van der Waals surface area (Å²) in [6, 6.07) is 3.47. The zero-order chi connectivity index (χ0) is 11.3. The minimum absolute atomic E-state index is 0.0351. The van der Waals surface area contributed by atoms with E-state index in [4.69, 9.17) is 15.6 Å². The van der Waals surface area contributed by atoms with Crippen LogP contribution >= 0.6 is 0 Å². The average molecular weight is 211 g/mol. The molecule has 0 spiro atoms. The average Bonchev–Trinajstić information content (AvgIpc) is 2.18. The predicted molar refractivity (Wildman–Crippen MR) is 60.0 cm³/mol. The molecule has 0 aromatic carbocycles. The van der Waals surface area contributed by atoms with Crippen LogP contribution in [0.4, 0.5) is 11.5 Å². The van der Waals surface area contributed by atoms with Crippen molar-refractivity contribution >= 4 is 11.5 Å². The third-order valence-corrected chi connectivity index (χ3v) is 1.65. The van der Waals surface area contributed by atoms with Gasteiger partial charge in [0.05, 0.1) is 18.4 Å². The number of hydrogen-bond donors (Lipinski definition) is 3. The van der Waals surface area contributed by atoms with E-state index in [-0.39, 0.29) is 12.7 Å². The molecule has 0 saturated carbocycles.